The summed E-state index contributed by atoms with van der Waals surface area (Å²) in [5, 5.41) is 11.4. The lowest BCUT2D eigenvalue weighted by Gasteiger charge is -2.47. The number of halogens is 2. The second-order valence-electron chi connectivity index (χ2n) is 15.2. The zero-order valence-corrected chi connectivity index (χ0v) is 32.0. The van der Waals surface area contributed by atoms with Crippen molar-refractivity contribution in [3.63, 3.8) is 0 Å². The van der Waals surface area contributed by atoms with Crippen LogP contribution in [0.15, 0.2) is 35.1 Å². The lowest BCUT2D eigenvalue weighted by Crippen LogP contribution is -2.66. The summed E-state index contributed by atoms with van der Waals surface area (Å²) in [5.41, 5.74) is 3.85. The third kappa shape index (κ3) is 5.93. The van der Waals surface area contributed by atoms with E-state index in [0.717, 1.165) is 0 Å². The lowest BCUT2D eigenvalue weighted by molar-refractivity contribution is -0.0667. The number of hydrogen-bond donors (Lipinski definition) is 2. The molecule has 2 aromatic heterocycles. The highest BCUT2D eigenvalue weighted by Crippen LogP contribution is 2.46. The van der Waals surface area contributed by atoms with Crippen molar-refractivity contribution in [2.75, 3.05) is 32.0 Å². The van der Waals surface area contributed by atoms with Crippen LogP contribution in [-0.4, -0.2) is 90.4 Å². The zero-order valence-electron chi connectivity index (χ0n) is 31.0. The SMILES string of the molecule is COCOCC1Oc2nc(-c3cccc4ccc(F)c(C#C[Si](C(C)C)(C(C)C)C(C)C)c34)c(F)c3[nH]c(=O)nc(c23)N2CC3CCC(C12)N3C(=O)O. The molecule has 4 atom stereocenters. The van der Waals surface area contributed by atoms with Crippen molar-refractivity contribution in [2.24, 2.45) is 0 Å². The number of amides is 1. The Kier molecular flexibility index (Phi) is 9.71. The van der Waals surface area contributed by atoms with E-state index >= 15 is 8.78 Å². The number of carboxylic acid groups (broad SMARTS) is 1. The Morgan fingerprint density at radius 1 is 1.08 bits per heavy atom. The number of aromatic amines is 1. The number of nitrogens with zero attached hydrogens (tertiary/aromatic N) is 4. The van der Waals surface area contributed by atoms with Crippen LogP contribution in [0, 0.1) is 23.1 Å². The number of ether oxygens (including phenoxy) is 3. The fraction of sp³-hybridized carbons (Fsp3) is 0.487. The molecule has 2 fully saturated rings. The van der Waals surface area contributed by atoms with Gasteiger partial charge in [0.25, 0.3) is 0 Å². The summed E-state index contributed by atoms with van der Waals surface area (Å²) in [6.45, 7) is 13.2. The smallest absolute Gasteiger partial charge is 0.407 e. The summed E-state index contributed by atoms with van der Waals surface area (Å²) < 4.78 is 50.8. The molecule has 7 rings (SSSR count). The van der Waals surface area contributed by atoms with Gasteiger partial charge in [-0.3, -0.25) is 4.90 Å². The minimum Gasteiger partial charge on any atom is -0.469 e. The van der Waals surface area contributed by atoms with Crippen LogP contribution in [0.5, 0.6) is 5.88 Å². The topological polar surface area (TPSA) is 130 Å². The molecule has 2 saturated heterocycles. The number of methoxy groups -OCH3 is 1. The van der Waals surface area contributed by atoms with Crippen molar-refractivity contribution >= 4 is 41.7 Å². The van der Waals surface area contributed by atoms with Gasteiger partial charge in [-0.05, 0) is 40.9 Å². The summed E-state index contributed by atoms with van der Waals surface area (Å²) in [7, 11) is -0.809. The fourth-order valence-corrected chi connectivity index (χ4v) is 14.7. The van der Waals surface area contributed by atoms with Crippen LogP contribution in [0.25, 0.3) is 32.9 Å². The maximum atomic E-state index is 17.2. The maximum Gasteiger partial charge on any atom is 0.407 e. The minimum absolute atomic E-state index is 0.0137. The van der Waals surface area contributed by atoms with Gasteiger partial charge in [0.05, 0.1) is 35.8 Å². The van der Waals surface area contributed by atoms with Crippen molar-refractivity contribution in [2.45, 2.75) is 95.2 Å². The standard InChI is InChI=1S/C39H45F2N5O6Si/c1-20(2)53(21(3)4,22(5)6)16-15-25-27(40)13-11-23-9-8-10-26(30(23)25)33-32(41)34-31-36(44-38(47)43-34)45-17-24-12-14-28(46(24)39(48)49)35(45)29(18-51-19-50-7)52-37(31)42-33/h8-11,13,20-22,24,28-29,35H,12,14,17-19H2,1-7H3,(H,48,49)(H,43,44,47). The van der Waals surface area contributed by atoms with E-state index < -0.39 is 49.7 Å². The van der Waals surface area contributed by atoms with Crippen LogP contribution in [0.1, 0.15) is 59.9 Å². The Bertz CT molecular complexity index is 2200. The van der Waals surface area contributed by atoms with Crippen molar-refractivity contribution in [1.29, 1.82) is 0 Å². The van der Waals surface area contributed by atoms with E-state index in [2.05, 4.69) is 63.0 Å². The number of anilines is 1. The Hall–Kier alpha value is -4.58. The first-order valence-electron chi connectivity index (χ1n) is 18.2. The van der Waals surface area contributed by atoms with E-state index in [9.17, 15) is 14.7 Å². The highest BCUT2D eigenvalue weighted by molar-refractivity contribution is 6.90. The predicted molar refractivity (Wildman–Crippen MR) is 201 cm³/mol. The molecule has 3 aliphatic rings. The minimum atomic E-state index is -2.29. The Morgan fingerprint density at radius 2 is 1.81 bits per heavy atom. The number of carbonyl (C=O) groups is 1. The average molecular weight is 746 g/mol. The Balaban J connectivity index is 1.47. The first-order valence-corrected chi connectivity index (χ1v) is 20.4. The molecule has 2 aromatic carbocycles. The van der Waals surface area contributed by atoms with E-state index in [1.165, 1.54) is 18.1 Å². The molecule has 2 N–H and O–H groups in total. The van der Waals surface area contributed by atoms with Gasteiger partial charge in [-0.1, -0.05) is 71.7 Å². The molecule has 0 spiro atoms. The maximum absolute atomic E-state index is 17.2. The summed E-state index contributed by atoms with van der Waals surface area (Å²) in [4.78, 5) is 40.7. The quantitative estimate of drug-likeness (QED) is 0.0843. The summed E-state index contributed by atoms with van der Waals surface area (Å²) in [6.07, 6.45) is -0.707. The molecule has 0 aliphatic carbocycles. The van der Waals surface area contributed by atoms with E-state index in [0.29, 0.717) is 40.2 Å². The van der Waals surface area contributed by atoms with Crippen molar-refractivity contribution in [1.82, 2.24) is 19.9 Å². The molecule has 53 heavy (non-hydrogen) atoms. The van der Waals surface area contributed by atoms with Gasteiger partial charge in [0, 0.05) is 24.6 Å². The summed E-state index contributed by atoms with van der Waals surface area (Å²) in [6, 6.07) is 6.72. The van der Waals surface area contributed by atoms with Gasteiger partial charge < -0.3 is 29.2 Å². The lowest BCUT2D eigenvalue weighted by atomic mass is 9.96. The monoisotopic (exact) mass is 745 g/mol. The van der Waals surface area contributed by atoms with Crippen LogP contribution in [0.3, 0.4) is 0 Å². The van der Waals surface area contributed by atoms with Gasteiger partial charge in [-0.25, -0.2) is 23.4 Å². The van der Waals surface area contributed by atoms with Crippen molar-refractivity contribution < 1.29 is 32.9 Å². The number of aromatic nitrogens is 3. The number of pyridine rings is 1. The molecule has 280 valence electrons. The zero-order chi connectivity index (χ0) is 37.9. The number of H-pyrrole nitrogens is 1. The van der Waals surface area contributed by atoms with Gasteiger partial charge in [0.2, 0.25) is 5.88 Å². The molecular weight excluding hydrogens is 701 g/mol. The van der Waals surface area contributed by atoms with Gasteiger partial charge in [0.1, 0.15) is 43.7 Å². The molecule has 0 radical (unpaired) electrons. The van der Waals surface area contributed by atoms with Gasteiger partial charge in [0.15, 0.2) is 5.82 Å². The van der Waals surface area contributed by atoms with Crippen molar-refractivity contribution in [3.8, 4) is 28.6 Å². The first kappa shape index (κ1) is 36.8. The number of benzene rings is 2. The highest BCUT2D eigenvalue weighted by Gasteiger charge is 2.54. The van der Waals surface area contributed by atoms with E-state index in [1.807, 2.05) is 11.0 Å². The normalized spacial score (nSPS) is 20.9. The Labute approximate surface area is 307 Å². The molecule has 11 nitrogen and oxygen atoms in total. The van der Waals surface area contributed by atoms with E-state index in [-0.39, 0.29) is 65.4 Å². The van der Waals surface area contributed by atoms with Crippen LogP contribution < -0.4 is 15.3 Å². The molecule has 5 heterocycles. The summed E-state index contributed by atoms with van der Waals surface area (Å²) in [5.74, 6) is 2.05. The van der Waals surface area contributed by atoms with Gasteiger partial charge in [-0.15, -0.1) is 5.54 Å². The van der Waals surface area contributed by atoms with Crippen LogP contribution in [-0.2, 0) is 9.47 Å². The predicted octanol–water partition coefficient (Wildman–Crippen LogP) is 7.07. The number of fused-ring (bicyclic) bond motifs is 6. The van der Waals surface area contributed by atoms with Gasteiger partial charge in [-0.2, -0.15) is 4.98 Å². The average Bonchev–Trinajstić information content (AvgIpc) is 3.36. The van der Waals surface area contributed by atoms with E-state index in [4.69, 9.17) is 19.2 Å². The van der Waals surface area contributed by atoms with Crippen LogP contribution in [0.4, 0.5) is 19.4 Å². The number of piperazine rings is 1. The molecule has 0 saturated carbocycles. The molecule has 1 amide bonds. The van der Waals surface area contributed by atoms with Crippen molar-refractivity contribution in [3.05, 3.63) is 58.0 Å². The first-order chi connectivity index (χ1) is 25.3. The summed E-state index contributed by atoms with van der Waals surface area (Å²) >= 11 is 0. The number of rotatable bonds is 8. The second-order valence-corrected chi connectivity index (χ2v) is 20.8. The van der Waals surface area contributed by atoms with Crippen LogP contribution >= 0.6 is 0 Å². The second kappa shape index (κ2) is 14.0. The third-order valence-corrected chi connectivity index (χ3v) is 17.9. The molecular formula is C39H45F2N5O6Si. The third-order valence-electron chi connectivity index (χ3n) is 11.6. The molecule has 2 bridgehead atoms. The fourth-order valence-electron chi connectivity index (χ4n) is 9.45. The largest absolute Gasteiger partial charge is 0.469 e. The number of nitrogens with one attached hydrogen (secondary N) is 1. The molecule has 14 heteroatoms. The molecule has 3 aliphatic heterocycles. The molecule has 4 aromatic rings. The molecule has 4 unspecified atom stereocenters. The van der Waals surface area contributed by atoms with E-state index in [1.54, 1.807) is 18.2 Å². The highest BCUT2D eigenvalue weighted by atomic mass is 28.3. The number of hydrogen-bond acceptors (Lipinski definition) is 8. The van der Waals surface area contributed by atoms with Gasteiger partial charge >= 0.3 is 11.8 Å². The Morgan fingerprint density at radius 3 is 2.49 bits per heavy atom. The van der Waals surface area contributed by atoms with Crippen LogP contribution in [0.2, 0.25) is 16.6 Å².